The van der Waals surface area contributed by atoms with E-state index in [0.29, 0.717) is 16.3 Å². The minimum absolute atomic E-state index is 0.293. The third-order valence-electron chi connectivity index (χ3n) is 1.53. The van der Waals surface area contributed by atoms with Gasteiger partial charge in [-0.1, -0.05) is 6.08 Å². The number of nitrogens with zero attached hydrogens (tertiary/aromatic N) is 1. The molecule has 1 rings (SSSR count). The van der Waals surface area contributed by atoms with Gasteiger partial charge in [-0.25, -0.2) is 4.79 Å². The molecular weight excluding hydrogens is 172 g/mol. The Kier molecular flexibility index (Phi) is 2.71. The molecule has 1 aromatic rings. The highest BCUT2D eigenvalue weighted by atomic mass is 16.5. The number of carbonyl (C=O) groups is 1. The molecule has 0 aromatic carbocycles. The van der Waals surface area contributed by atoms with Crippen molar-refractivity contribution in [1.82, 2.24) is 5.06 Å². The summed E-state index contributed by atoms with van der Waals surface area (Å²) in [6.07, 6.45) is 4.39. The molecule has 0 fully saturated rings. The third-order valence-corrected chi connectivity index (χ3v) is 1.53. The van der Waals surface area contributed by atoms with Crippen molar-refractivity contribution >= 4 is 11.7 Å². The number of nitrogens with two attached hydrogens (primary N) is 1. The Hall–Kier alpha value is -1.75. The van der Waals surface area contributed by atoms with Gasteiger partial charge in [-0.3, -0.25) is 5.21 Å². The number of amides is 2. The van der Waals surface area contributed by atoms with Crippen LogP contribution in [0.3, 0.4) is 0 Å². The van der Waals surface area contributed by atoms with Crippen LogP contribution in [-0.4, -0.2) is 16.3 Å². The molecule has 0 aliphatic heterocycles. The van der Waals surface area contributed by atoms with E-state index in [-0.39, 0.29) is 0 Å². The summed E-state index contributed by atoms with van der Waals surface area (Å²) in [7, 11) is 0. The predicted molar refractivity (Wildman–Crippen MR) is 45.6 cm³/mol. The van der Waals surface area contributed by atoms with Crippen molar-refractivity contribution in [3.8, 4) is 0 Å². The largest absolute Gasteiger partial charge is 0.472 e. The van der Waals surface area contributed by atoms with E-state index < -0.39 is 6.03 Å². The number of primary amides is 1. The number of allylic oxidation sites excluding steroid dienone is 1. The first-order chi connectivity index (χ1) is 6.16. The summed E-state index contributed by atoms with van der Waals surface area (Å²) in [5, 5.41) is 9.57. The van der Waals surface area contributed by atoms with Crippen LogP contribution in [0.2, 0.25) is 0 Å². The molecule has 3 N–H and O–H groups in total. The van der Waals surface area contributed by atoms with Crippen LogP contribution in [0.4, 0.5) is 4.79 Å². The summed E-state index contributed by atoms with van der Waals surface area (Å²) in [6, 6.07) is 0.677. The topological polar surface area (TPSA) is 79.7 Å². The predicted octanol–water partition coefficient (Wildman–Crippen LogP) is 1.41. The van der Waals surface area contributed by atoms with Gasteiger partial charge in [0.1, 0.15) is 0 Å². The lowest BCUT2D eigenvalue weighted by Crippen LogP contribution is -2.31. The number of rotatable bonds is 2. The molecule has 0 bridgehead atoms. The van der Waals surface area contributed by atoms with E-state index in [2.05, 4.69) is 0 Å². The van der Waals surface area contributed by atoms with Gasteiger partial charge in [0.15, 0.2) is 0 Å². The molecule has 1 aromatic heterocycles. The van der Waals surface area contributed by atoms with E-state index in [9.17, 15) is 10.0 Å². The van der Waals surface area contributed by atoms with E-state index in [1.165, 1.54) is 12.5 Å². The maximum Gasteiger partial charge on any atom is 0.343 e. The summed E-state index contributed by atoms with van der Waals surface area (Å²) in [5.74, 6) is 0. The Bertz CT molecular complexity index is 316. The van der Waals surface area contributed by atoms with E-state index in [1.807, 2.05) is 0 Å². The number of furan rings is 1. The number of urea groups is 1. The summed E-state index contributed by atoms with van der Waals surface area (Å²) in [4.78, 5) is 10.6. The standard InChI is InChI=1S/C8H10N2O3/c1-2-7(10(12)8(9)11)6-3-4-13-5-6/h2-5,12H,1H3,(H2,9,11). The normalized spacial score (nSPS) is 11.4. The Morgan fingerprint density at radius 1 is 1.77 bits per heavy atom. The van der Waals surface area contributed by atoms with Gasteiger partial charge >= 0.3 is 6.03 Å². The average molecular weight is 182 g/mol. The summed E-state index contributed by atoms with van der Waals surface area (Å²) >= 11 is 0. The molecule has 13 heavy (non-hydrogen) atoms. The smallest absolute Gasteiger partial charge is 0.343 e. The van der Waals surface area contributed by atoms with Crippen molar-refractivity contribution in [2.24, 2.45) is 5.73 Å². The molecule has 0 unspecified atom stereocenters. The second kappa shape index (κ2) is 3.77. The minimum atomic E-state index is -0.936. The number of carbonyl (C=O) groups excluding carboxylic acids is 1. The van der Waals surface area contributed by atoms with Crippen LogP contribution in [0.25, 0.3) is 5.70 Å². The van der Waals surface area contributed by atoms with Crippen LogP contribution >= 0.6 is 0 Å². The van der Waals surface area contributed by atoms with Gasteiger partial charge in [-0.05, 0) is 13.0 Å². The SMILES string of the molecule is CC=C(c1ccoc1)N(O)C(N)=O. The fraction of sp³-hybridized carbons (Fsp3) is 0.125. The fourth-order valence-corrected chi connectivity index (χ4v) is 0.940. The molecule has 5 nitrogen and oxygen atoms in total. The van der Waals surface area contributed by atoms with Gasteiger partial charge in [0.2, 0.25) is 0 Å². The molecule has 1 heterocycles. The average Bonchev–Trinajstić information content (AvgIpc) is 2.58. The van der Waals surface area contributed by atoms with Gasteiger partial charge in [0.25, 0.3) is 0 Å². The van der Waals surface area contributed by atoms with Crippen molar-refractivity contribution in [3.05, 3.63) is 30.2 Å². The van der Waals surface area contributed by atoms with Crippen LogP contribution in [0.1, 0.15) is 12.5 Å². The molecule has 0 saturated heterocycles. The Labute approximate surface area is 75.0 Å². The first kappa shape index (κ1) is 9.34. The van der Waals surface area contributed by atoms with E-state index in [0.717, 1.165) is 0 Å². The van der Waals surface area contributed by atoms with E-state index >= 15 is 0 Å². The fourth-order valence-electron chi connectivity index (χ4n) is 0.940. The molecule has 0 aliphatic carbocycles. The molecule has 2 amide bonds. The van der Waals surface area contributed by atoms with Crippen LogP contribution in [0.5, 0.6) is 0 Å². The van der Waals surface area contributed by atoms with Crippen molar-refractivity contribution in [3.63, 3.8) is 0 Å². The quantitative estimate of drug-likeness (QED) is 0.536. The van der Waals surface area contributed by atoms with Gasteiger partial charge < -0.3 is 10.2 Å². The van der Waals surface area contributed by atoms with Crippen molar-refractivity contribution < 1.29 is 14.4 Å². The number of hydrogen-bond donors (Lipinski definition) is 2. The first-order valence-electron chi connectivity index (χ1n) is 3.64. The lowest BCUT2D eigenvalue weighted by atomic mass is 10.2. The summed E-state index contributed by atoms with van der Waals surface area (Å²) in [5.41, 5.74) is 5.76. The van der Waals surface area contributed by atoms with Crippen molar-refractivity contribution in [1.29, 1.82) is 0 Å². The Balaban J connectivity index is 2.94. The third kappa shape index (κ3) is 1.88. The molecule has 0 radical (unpaired) electrons. The maximum absolute atomic E-state index is 10.6. The maximum atomic E-state index is 10.6. The monoisotopic (exact) mass is 182 g/mol. The molecule has 5 heteroatoms. The molecule has 0 aliphatic rings. The summed E-state index contributed by atoms with van der Waals surface area (Å²) < 4.78 is 4.80. The minimum Gasteiger partial charge on any atom is -0.472 e. The zero-order valence-electron chi connectivity index (χ0n) is 7.10. The molecule has 70 valence electrons. The molecular formula is C8H10N2O3. The lowest BCUT2D eigenvalue weighted by molar-refractivity contribution is 0.0195. The second-order valence-corrected chi connectivity index (χ2v) is 2.34. The molecule has 0 spiro atoms. The van der Waals surface area contributed by atoms with Crippen LogP contribution in [-0.2, 0) is 0 Å². The Morgan fingerprint density at radius 3 is 2.85 bits per heavy atom. The highest BCUT2D eigenvalue weighted by Gasteiger charge is 2.13. The van der Waals surface area contributed by atoms with E-state index in [4.69, 9.17) is 10.2 Å². The molecule has 0 atom stereocenters. The molecule has 0 saturated carbocycles. The lowest BCUT2D eigenvalue weighted by Gasteiger charge is -2.13. The van der Waals surface area contributed by atoms with E-state index in [1.54, 1.807) is 19.1 Å². The van der Waals surface area contributed by atoms with Crippen molar-refractivity contribution in [2.75, 3.05) is 0 Å². The summed E-state index contributed by atoms with van der Waals surface area (Å²) in [6.45, 7) is 1.68. The van der Waals surface area contributed by atoms with Gasteiger partial charge in [0.05, 0.1) is 18.2 Å². The second-order valence-electron chi connectivity index (χ2n) is 2.34. The van der Waals surface area contributed by atoms with Crippen LogP contribution < -0.4 is 5.73 Å². The zero-order valence-corrected chi connectivity index (χ0v) is 7.10. The Morgan fingerprint density at radius 2 is 2.46 bits per heavy atom. The van der Waals surface area contributed by atoms with Crippen LogP contribution in [0, 0.1) is 0 Å². The first-order valence-corrected chi connectivity index (χ1v) is 3.64. The number of hydroxylamine groups is 2. The van der Waals surface area contributed by atoms with Gasteiger partial charge in [0, 0.05) is 5.56 Å². The van der Waals surface area contributed by atoms with Gasteiger partial charge in [-0.2, -0.15) is 5.06 Å². The number of hydrogen-bond acceptors (Lipinski definition) is 3. The zero-order chi connectivity index (χ0) is 9.84. The van der Waals surface area contributed by atoms with Crippen LogP contribution in [0.15, 0.2) is 29.1 Å². The van der Waals surface area contributed by atoms with Gasteiger partial charge in [-0.15, -0.1) is 0 Å². The van der Waals surface area contributed by atoms with Crippen molar-refractivity contribution in [2.45, 2.75) is 6.92 Å². The highest BCUT2D eigenvalue weighted by Crippen LogP contribution is 2.17. The highest BCUT2D eigenvalue weighted by molar-refractivity contribution is 5.82.